The van der Waals surface area contributed by atoms with Gasteiger partial charge in [0.2, 0.25) is 18.6 Å². The van der Waals surface area contributed by atoms with Crippen molar-refractivity contribution in [2.24, 2.45) is 0 Å². The second-order valence-corrected chi connectivity index (χ2v) is 9.69. The molecule has 1 aliphatic rings. The van der Waals surface area contributed by atoms with Crippen LogP contribution >= 0.6 is 23.2 Å². The Bertz CT molecular complexity index is 1000. The molecule has 172 valence electrons. The molecular weight excluding hydrogens is 451 g/mol. The average Bonchev–Trinajstić information content (AvgIpc) is 3.19. The number of amides is 2. The molecule has 0 saturated carbocycles. The number of hydrogen-bond donors (Lipinski definition) is 1. The van der Waals surface area contributed by atoms with Crippen LogP contribution in [0, 0.1) is 0 Å². The molecule has 1 atom stereocenters. The zero-order valence-corrected chi connectivity index (χ0v) is 20.2. The molecule has 0 fully saturated rings. The zero-order valence-electron chi connectivity index (χ0n) is 18.7. The molecule has 32 heavy (non-hydrogen) atoms. The molecule has 0 aromatic heterocycles. The highest BCUT2D eigenvalue weighted by Crippen LogP contribution is 2.33. The summed E-state index contributed by atoms with van der Waals surface area (Å²) >= 11 is 12.2. The number of benzene rings is 2. The van der Waals surface area contributed by atoms with Gasteiger partial charge in [-0.15, -0.1) is 0 Å². The van der Waals surface area contributed by atoms with Crippen LogP contribution in [0.25, 0.3) is 0 Å². The second-order valence-electron chi connectivity index (χ2n) is 8.87. The Morgan fingerprint density at radius 2 is 1.72 bits per heavy atom. The number of nitrogens with one attached hydrogen (secondary N) is 1. The minimum absolute atomic E-state index is 0.134. The first-order valence-corrected chi connectivity index (χ1v) is 11.2. The minimum Gasteiger partial charge on any atom is -0.454 e. The van der Waals surface area contributed by atoms with Gasteiger partial charge in [0, 0.05) is 18.5 Å². The highest BCUT2D eigenvalue weighted by atomic mass is 35.5. The van der Waals surface area contributed by atoms with Crippen LogP contribution in [0.5, 0.6) is 11.5 Å². The number of nitrogens with zero attached hydrogens (tertiary/aromatic N) is 1. The monoisotopic (exact) mass is 478 g/mol. The van der Waals surface area contributed by atoms with Crippen molar-refractivity contribution < 1.29 is 19.1 Å². The number of fused-ring (bicyclic) bond motifs is 1. The van der Waals surface area contributed by atoms with E-state index < -0.39 is 11.6 Å². The van der Waals surface area contributed by atoms with Gasteiger partial charge in [0.15, 0.2) is 11.5 Å². The number of carbonyl (C=O) groups is 2. The highest BCUT2D eigenvalue weighted by molar-refractivity contribution is 6.42. The summed E-state index contributed by atoms with van der Waals surface area (Å²) in [5, 5.41) is 3.80. The van der Waals surface area contributed by atoms with Crippen molar-refractivity contribution in [1.29, 1.82) is 0 Å². The summed E-state index contributed by atoms with van der Waals surface area (Å²) in [7, 11) is 0. The molecule has 1 N–H and O–H groups in total. The average molecular weight is 479 g/mol. The molecule has 2 aromatic rings. The Hall–Kier alpha value is -2.44. The predicted molar refractivity (Wildman–Crippen MR) is 125 cm³/mol. The normalized spacial score (nSPS) is 13.6. The van der Waals surface area contributed by atoms with Crippen LogP contribution in [0.4, 0.5) is 0 Å². The van der Waals surface area contributed by atoms with Crippen molar-refractivity contribution in [3.05, 3.63) is 57.6 Å². The van der Waals surface area contributed by atoms with E-state index in [1.54, 1.807) is 30.0 Å². The summed E-state index contributed by atoms with van der Waals surface area (Å²) in [6.07, 6.45) is 0.759. The van der Waals surface area contributed by atoms with E-state index in [4.69, 9.17) is 32.7 Å². The molecule has 0 saturated heterocycles. The second kappa shape index (κ2) is 10.0. The molecular formula is C24H28Cl2N2O4. The van der Waals surface area contributed by atoms with Crippen LogP contribution in [0.1, 0.15) is 45.2 Å². The maximum absolute atomic E-state index is 13.2. The van der Waals surface area contributed by atoms with Crippen LogP contribution in [0.3, 0.4) is 0 Å². The first-order chi connectivity index (χ1) is 15.0. The number of ether oxygens (including phenoxy) is 2. The lowest BCUT2D eigenvalue weighted by atomic mass is 10.1. The Morgan fingerprint density at radius 1 is 1.03 bits per heavy atom. The predicted octanol–water partition coefficient (Wildman–Crippen LogP) is 4.99. The third-order valence-electron chi connectivity index (χ3n) is 5.07. The summed E-state index contributed by atoms with van der Waals surface area (Å²) in [5.41, 5.74) is 1.35. The molecule has 6 nitrogen and oxygen atoms in total. The van der Waals surface area contributed by atoms with Gasteiger partial charge >= 0.3 is 0 Å². The van der Waals surface area contributed by atoms with Gasteiger partial charge in [-0.25, -0.2) is 0 Å². The molecule has 0 radical (unpaired) electrons. The standard InChI is InChI=1S/C24H28Cl2N2O4/c1-15(23(30)27-24(2,3)4)28(13-17-5-8-18(25)19(26)11-17)22(29)10-7-16-6-9-20-21(12-16)32-14-31-20/h5-6,8-9,11-12,15H,7,10,13-14H2,1-4H3,(H,27,30)/t15-/m0/s1. The molecule has 3 rings (SSSR count). The van der Waals surface area contributed by atoms with Gasteiger partial charge in [-0.3, -0.25) is 9.59 Å². The van der Waals surface area contributed by atoms with Crippen molar-refractivity contribution in [1.82, 2.24) is 10.2 Å². The molecule has 2 aromatic carbocycles. The smallest absolute Gasteiger partial charge is 0.242 e. The maximum atomic E-state index is 13.2. The van der Waals surface area contributed by atoms with Crippen molar-refractivity contribution in [2.75, 3.05) is 6.79 Å². The zero-order chi connectivity index (χ0) is 23.5. The maximum Gasteiger partial charge on any atom is 0.242 e. The third kappa shape index (κ3) is 6.30. The van der Waals surface area contributed by atoms with Crippen LogP contribution in [0.2, 0.25) is 10.0 Å². The van der Waals surface area contributed by atoms with Gasteiger partial charge in [0.05, 0.1) is 10.0 Å². The van der Waals surface area contributed by atoms with Crippen LogP contribution in [-0.2, 0) is 22.6 Å². The van der Waals surface area contributed by atoms with Gasteiger partial charge in [0.25, 0.3) is 0 Å². The molecule has 8 heteroatoms. The number of halogens is 2. The summed E-state index contributed by atoms with van der Waals surface area (Å²) in [5.74, 6) is 1.04. The molecule has 0 unspecified atom stereocenters. The summed E-state index contributed by atoms with van der Waals surface area (Å²) in [6, 6.07) is 10.2. The van der Waals surface area contributed by atoms with Gasteiger partial charge < -0.3 is 19.7 Å². The van der Waals surface area contributed by atoms with E-state index >= 15 is 0 Å². The lowest BCUT2D eigenvalue weighted by molar-refractivity contribution is -0.141. The van der Waals surface area contributed by atoms with Gasteiger partial charge in [-0.2, -0.15) is 0 Å². The topological polar surface area (TPSA) is 67.9 Å². The van der Waals surface area contributed by atoms with E-state index in [2.05, 4.69) is 5.32 Å². The largest absolute Gasteiger partial charge is 0.454 e. The fraction of sp³-hybridized carbons (Fsp3) is 0.417. The van der Waals surface area contributed by atoms with E-state index in [1.807, 2.05) is 39.0 Å². The summed E-state index contributed by atoms with van der Waals surface area (Å²) in [6.45, 7) is 7.90. The third-order valence-corrected chi connectivity index (χ3v) is 5.81. The van der Waals surface area contributed by atoms with Crippen molar-refractivity contribution in [3.63, 3.8) is 0 Å². The number of hydrogen-bond acceptors (Lipinski definition) is 4. The SMILES string of the molecule is C[C@@H](C(=O)NC(C)(C)C)N(Cc1ccc(Cl)c(Cl)c1)C(=O)CCc1ccc2c(c1)OCO2. The Kier molecular flexibility index (Phi) is 7.57. The molecule has 2 amide bonds. The highest BCUT2D eigenvalue weighted by Gasteiger charge is 2.28. The lowest BCUT2D eigenvalue weighted by Crippen LogP contribution is -2.52. The molecule has 0 spiro atoms. The fourth-order valence-corrected chi connectivity index (χ4v) is 3.70. The van der Waals surface area contributed by atoms with Crippen molar-refractivity contribution in [3.8, 4) is 11.5 Å². The first kappa shape index (κ1) is 24.2. The van der Waals surface area contributed by atoms with Gasteiger partial charge in [-0.05, 0) is 69.5 Å². The van der Waals surface area contributed by atoms with E-state index in [1.165, 1.54) is 0 Å². The van der Waals surface area contributed by atoms with Crippen molar-refractivity contribution in [2.45, 2.75) is 58.7 Å². The van der Waals surface area contributed by atoms with Crippen LogP contribution in [0.15, 0.2) is 36.4 Å². The molecule has 0 aliphatic carbocycles. The van der Waals surface area contributed by atoms with Gasteiger partial charge in [0.1, 0.15) is 6.04 Å². The van der Waals surface area contributed by atoms with Crippen molar-refractivity contribution >= 4 is 35.0 Å². The van der Waals surface area contributed by atoms with E-state index in [-0.39, 0.29) is 31.6 Å². The molecule has 1 aliphatic heterocycles. The van der Waals surface area contributed by atoms with E-state index in [0.29, 0.717) is 28.0 Å². The quantitative estimate of drug-likeness (QED) is 0.608. The van der Waals surface area contributed by atoms with E-state index in [0.717, 1.165) is 11.1 Å². The van der Waals surface area contributed by atoms with Crippen LogP contribution < -0.4 is 14.8 Å². The number of carbonyl (C=O) groups excluding carboxylic acids is 2. The lowest BCUT2D eigenvalue weighted by Gasteiger charge is -2.31. The summed E-state index contributed by atoms with van der Waals surface area (Å²) in [4.78, 5) is 27.7. The fourth-order valence-electron chi connectivity index (χ4n) is 3.38. The number of rotatable bonds is 7. The minimum atomic E-state index is -0.659. The first-order valence-electron chi connectivity index (χ1n) is 10.5. The van der Waals surface area contributed by atoms with Gasteiger partial charge in [-0.1, -0.05) is 35.3 Å². The van der Waals surface area contributed by atoms with E-state index in [9.17, 15) is 9.59 Å². The number of aryl methyl sites for hydroxylation is 1. The molecule has 1 heterocycles. The summed E-state index contributed by atoms with van der Waals surface area (Å²) < 4.78 is 10.8. The molecule has 0 bridgehead atoms. The Labute approximate surface area is 198 Å². The van der Waals surface area contributed by atoms with Crippen LogP contribution in [-0.4, -0.2) is 35.1 Å². The Morgan fingerprint density at radius 3 is 2.41 bits per heavy atom. The Balaban J connectivity index is 1.75.